The van der Waals surface area contributed by atoms with Crippen LogP contribution in [0.2, 0.25) is 0 Å². The summed E-state index contributed by atoms with van der Waals surface area (Å²) in [5.41, 5.74) is 17.7. The van der Waals surface area contributed by atoms with Gasteiger partial charge in [-0.2, -0.15) is 0 Å². The highest BCUT2D eigenvalue weighted by molar-refractivity contribution is 6.25. The predicted octanol–water partition coefficient (Wildman–Crippen LogP) is 19.2. The van der Waals surface area contributed by atoms with Gasteiger partial charge in [0.05, 0.1) is 0 Å². The lowest BCUT2D eigenvalue weighted by Crippen LogP contribution is -2.25. The van der Waals surface area contributed by atoms with Crippen molar-refractivity contribution in [2.45, 2.75) is 231 Å². The monoisotopic (exact) mass is 857 g/mol. The summed E-state index contributed by atoms with van der Waals surface area (Å²) < 4.78 is 0. The Labute approximate surface area is 389 Å². The van der Waals surface area contributed by atoms with Gasteiger partial charge in [-0.25, -0.2) is 0 Å². The fourth-order valence-electron chi connectivity index (χ4n) is 8.52. The Balaban J connectivity index is 1.58. The van der Waals surface area contributed by atoms with E-state index in [1.165, 1.54) is 81.4 Å². The highest BCUT2D eigenvalue weighted by atomic mass is 16.1. The summed E-state index contributed by atoms with van der Waals surface area (Å²) >= 11 is 0. The number of hydrogen-bond acceptors (Lipinski definition) is 2. The standard InChI is InChI=1S/C61H92O2/c1-46(2)24-15-25-47(3)26-16-27-48(4)28-17-29-49(5)30-18-31-50(6)32-19-33-51(7)34-20-35-52(8)36-21-37-53(9)38-22-39-54(10)40-23-41-55(11)44-45-57-56(12)60(62)58-42-13-14-43-59(58)61(57)63/h24,26,28,30,32,34,36,38,40,44H,13-23,25,27,29,31,33,35,37,39,41-43,45H2,1-12H3/b47-26+,48-28+,49-30+,50-32+,51-34+,52-36+,53-38+,54-40+,55-44+. The summed E-state index contributed by atoms with van der Waals surface area (Å²) in [4.78, 5) is 26.0. The van der Waals surface area contributed by atoms with Crippen molar-refractivity contribution in [3.63, 3.8) is 0 Å². The Bertz CT molecular complexity index is 1870. The van der Waals surface area contributed by atoms with Crippen LogP contribution >= 0.6 is 0 Å². The summed E-state index contributed by atoms with van der Waals surface area (Å²) in [5.74, 6) is 0.244. The first-order valence-corrected chi connectivity index (χ1v) is 25.1. The van der Waals surface area contributed by atoms with E-state index in [1.54, 1.807) is 0 Å². The van der Waals surface area contributed by atoms with Gasteiger partial charge in [0.1, 0.15) is 0 Å². The fourth-order valence-corrected chi connectivity index (χ4v) is 8.52. The molecule has 0 saturated carbocycles. The van der Waals surface area contributed by atoms with E-state index in [9.17, 15) is 9.59 Å². The average molecular weight is 857 g/mol. The molecule has 0 bridgehead atoms. The number of rotatable bonds is 29. The van der Waals surface area contributed by atoms with Crippen LogP contribution in [0.15, 0.2) is 139 Å². The Morgan fingerprint density at radius 1 is 0.349 bits per heavy atom. The van der Waals surface area contributed by atoms with Crippen LogP contribution in [0.25, 0.3) is 0 Å². The molecule has 0 fully saturated rings. The van der Waals surface area contributed by atoms with Crippen LogP contribution in [-0.4, -0.2) is 11.6 Å². The summed E-state index contributed by atoms with van der Waals surface area (Å²) in [5, 5.41) is 0. The van der Waals surface area contributed by atoms with Crippen LogP contribution in [0.3, 0.4) is 0 Å². The second-order valence-electron chi connectivity index (χ2n) is 19.7. The molecule has 0 radical (unpaired) electrons. The van der Waals surface area contributed by atoms with E-state index in [0.29, 0.717) is 12.0 Å². The molecule has 0 aromatic heterocycles. The number of ketones is 2. The first-order valence-electron chi connectivity index (χ1n) is 25.1. The number of hydrogen-bond donors (Lipinski definition) is 0. The Morgan fingerprint density at radius 3 is 0.857 bits per heavy atom. The Hall–Kier alpha value is -3.78. The fraction of sp³-hybridized carbons (Fsp3) is 0.574. The second kappa shape index (κ2) is 32.0. The molecule has 0 aliphatic heterocycles. The first kappa shape index (κ1) is 55.4. The third kappa shape index (κ3) is 24.8. The van der Waals surface area contributed by atoms with Crippen molar-refractivity contribution < 1.29 is 9.59 Å². The molecule has 0 saturated heterocycles. The second-order valence-corrected chi connectivity index (χ2v) is 19.7. The minimum atomic E-state index is 0.115. The van der Waals surface area contributed by atoms with Crippen molar-refractivity contribution >= 4 is 11.6 Å². The van der Waals surface area contributed by atoms with Crippen molar-refractivity contribution in [2.75, 3.05) is 0 Å². The summed E-state index contributed by atoms with van der Waals surface area (Å²) in [6, 6.07) is 0. The summed E-state index contributed by atoms with van der Waals surface area (Å²) in [6.07, 6.45) is 48.5. The zero-order valence-electron chi connectivity index (χ0n) is 42.9. The maximum Gasteiger partial charge on any atom is 0.186 e. The molecule has 0 unspecified atom stereocenters. The maximum absolute atomic E-state index is 13.1. The summed E-state index contributed by atoms with van der Waals surface area (Å²) in [6.45, 7) is 26.6. The maximum atomic E-state index is 13.1. The molecule has 0 spiro atoms. The molecule has 2 aliphatic rings. The molecule has 348 valence electrons. The van der Waals surface area contributed by atoms with Crippen molar-refractivity contribution in [2.24, 2.45) is 0 Å². The number of carbonyl (C=O) groups excluding carboxylic acids is 2. The molecule has 0 amide bonds. The highest BCUT2D eigenvalue weighted by Crippen LogP contribution is 2.35. The van der Waals surface area contributed by atoms with Gasteiger partial charge in [-0.1, -0.05) is 116 Å². The van der Waals surface area contributed by atoms with Crippen molar-refractivity contribution in [3.05, 3.63) is 139 Å². The number of allylic oxidation sites excluding steroid dienone is 24. The average Bonchev–Trinajstić information content (AvgIpc) is 3.22. The normalized spacial score (nSPS) is 17.0. The van der Waals surface area contributed by atoms with Gasteiger partial charge in [0.2, 0.25) is 0 Å². The highest BCUT2D eigenvalue weighted by Gasteiger charge is 2.32. The van der Waals surface area contributed by atoms with Crippen LogP contribution in [-0.2, 0) is 9.59 Å². The van der Waals surface area contributed by atoms with Crippen molar-refractivity contribution in [1.82, 2.24) is 0 Å². The van der Waals surface area contributed by atoms with Crippen LogP contribution in [0.4, 0.5) is 0 Å². The van der Waals surface area contributed by atoms with Crippen molar-refractivity contribution in [3.8, 4) is 0 Å². The minimum Gasteiger partial charge on any atom is -0.289 e. The van der Waals surface area contributed by atoms with Gasteiger partial charge in [0, 0.05) is 22.3 Å². The van der Waals surface area contributed by atoms with Crippen molar-refractivity contribution in [1.29, 1.82) is 0 Å². The molecule has 2 rings (SSSR count). The Morgan fingerprint density at radius 2 is 0.587 bits per heavy atom. The number of Topliss-reactive ketones (excluding diaryl/α,β-unsaturated/α-hetero) is 2. The van der Waals surface area contributed by atoms with Crippen LogP contribution in [0, 0.1) is 0 Å². The van der Waals surface area contributed by atoms with E-state index in [2.05, 4.69) is 137 Å². The van der Waals surface area contributed by atoms with Gasteiger partial charge in [-0.3, -0.25) is 9.59 Å². The van der Waals surface area contributed by atoms with Gasteiger partial charge in [0.25, 0.3) is 0 Å². The van der Waals surface area contributed by atoms with Gasteiger partial charge < -0.3 is 0 Å². The predicted molar refractivity (Wildman–Crippen MR) is 279 cm³/mol. The van der Waals surface area contributed by atoms with E-state index >= 15 is 0 Å². The first-order chi connectivity index (χ1) is 30.1. The largest absolute Gasteiger partial charge is 0.289 e. The van der Waals surface area contributed by atoms with Gasteiger partial charge in [-0.05, 0) is 231 Å². The van der Waals surface area contributed by atoms with E-state index in [0.717, 1.165) is 132 Å². The molecular formula is C61H92O2. The van der Waals surface area contributed by atoms with Gasteiger partial charge >= 0.3 is 0 Å². The molecule has 0 aromatic rings. The molecular weight excluding hydrogens is 765 g/mol. The lowest BCUT2D eigenvalue weighted by atomic mass is 9.77. The van der Waals surface area contributed by atoms with E-state index in [4.69, 9.17) is 0 Å². The quantitative estimate of drug-likeness (QED) is 0.0555. The summed E-state index contributed by atoms with van der Waals surface area (Å²) in [7, 11) is 0. The Kier molecular flexibility index (Phi) is 28.1. The zero-order chi connectivity index (χ0) is 46.6. The van der Waals surface area contributed by atoms with Gasteiger partial charge in [0.15, 0.2) is 11.6 Å². The van der Waals surface area contributed by atoms with Crippen LogP contribution in [0.1, 0.15) is 231 Å². The third-order valence-electron chi connectivity index (χ3n) is 13.1. The molecule has 2 heteroatoms. The van der Waals surface area contributed by atoms with E-state index < -0.39 is 0 Å². The smallest absolute Gasteiger partial charge is 0.186 e. The SMILES string of the molecule is CC(C)=CCC/C(C)=C/CC/C(C)=C/CC/C(C)=C/CC/C(C)=C/CC/C(C)=C/CC/C(C)=C/CC/C(C)=C/CC/C(C)=C/CC/C(C)=C/CC1=C(C)C(=O)C2=C(CCCC2)C1=O. The van der Waals surface area contributed by atoms with Crippen LogP contribution in [0.5, 0.6) is 0 Å². The molecule has 0 heterocycles. The molecule has 2 nitrogen and oxygen atoms in total. The third-order valence-corrected chi connectivity index (χ3v) is 13.1. The van der Waals surface area contributed by atoms with E-state index in [1.807, 2.05) is 6.92 Å². The molecule has 0 atom stereocenters. The molecule has 0 aromatic carbocycles. The number of carbonyl (C=O) groups is 2. The van der Waals surface area contributed by atoms with E-state index in [-0.39, 0.29) is 11.6 Å². The zero-order valence-corrected chi connectivity index (χ0v) is 42.9. The van der Waals surface area contributed by atoms with Gasteiger partial charge in [-0.15, -0.1) is 0 Å². The molecule has 63 heavy (non-hydrogen) atoms. The molecule has 0 N–H and O–H groups in total. The van der Waals surface area contributed by atoms with Crippen LogP contribution < -0.4 is 0 Å². The lowest BCUT2D eigenvalue weighted by molar-refractivity contribution is -0.117. The molecule has 2 aliphatic carbocycles. The topological polar surface area (TPSA) is 34.1 Å². The lowest BCUT2D eigenvalue weighted by Gasteiger charge is -2.25. The minimum absolute atomic E-state index is 0.115.